The molecule has 0 aromatic heterocycles. The molecular formula is C13H23NO3S. The van der Waals surface area contributed by atoms with E-state index < -0.39 is 5.54 Å². The molecule has 104 valence electrons. The number of thioether (sulfide) groups is 1. The van der Waals surface area contributed by atoms with Crippen LogP contribution in [0.4, 0.5) is 0 Å². The molecule has 0 amide bonds. The first-order chi connectivity index (χ1) is 8.64. The summed E-state index contributed by atoms with van der Waals surface area (Å²) in [5, 5.41) is 1.18. The highest BCUT2D eigenvalue weighted by Gasteiger charge is 2.44. The second-order valence-electron chi connectivity index (χ2n) is 5.19. The third-order valence-corrected chi connectivity index (χ3v) is 5.38. The molecule has 2 N–H and O–H groups in total. The van der Waals surface area contributed by atoms with Crippen LogP contribution in [0.1, 0.15) is 39.0 Å². The molecule has 0 bridgehead atoms. The van der Waals surface area contributed by atoms with Crippen molar-refractivity contribution in [3.63, 3.8) is 0 Å². The van der Waals surface area contributed by atoms with Gasteiger partial charge in [0.15, 0.2) is 0 Å². The molecule has 0 spiro atoms. The molecule has 5 heteroatoms. The van der Waals surface area contributed by atoms with Gasteiger partial charge in [-0.25, -0.2) is 0 Å². The summed E-state index contributed by atoms with van der Waals surface area (Å²) >= 11 is 2.00. The van der Waals surface area contributed by atoms with Gasteiger partial charge in [-0.2, -0.15) is 11.8 Å². The van der Waals surface area contributed by atoms with Crippen molar-refractivity contribution in [2.24, 2.45) is 5.73 Å². The third kappa shape index (κ3) is 3.39. The van der Waals surface area contributed by atoms with Gasteiger partial charge >= 0.3 is 5.97 Å². The van der Waals surface area contributed by atoms with Crippen molar-refractivity contribution in [2.45, 2.75) is 55.1 Å². The molecule has 4 nitrogen and oxygen atoms in total. The van der Waals surface area contributed by atoms with E-state index in [0.717, 1.165) is 45.3 Å². The van der Waals surface area contributed by atoms with Crippen LogP contribution in [0.5, 0.6) is 0 Å². The summed E-state index contributed by atoms with van der Waals surface area (Å²) < 4.78 is 10.4. The Kier molecular flexibility index (Phi) is 4.92. The number of carbonyl (C=O) groups is 1. The molecule has 0 radical (unpaired) electrons. The zero-order chi connectivity index (χ0) is 13.0. The highest BCUT2D eigenvalue weighted by molar-refractivity contribution is 8.00. The van der Waals surface area contributed by atoms with Gasteiger partial charge in [-0.05, 0) is 39.0 Å². The highest BCUT2D eigenvalue weighted by Crippen LogP contribution is 2.40. The summed E-state index contributed by atoms with van der Waals surface area (Å²) in [5.74, 6) is -0.222. The minimum absolute atomic E-state index is 0.222. The van der Waals surface area contributed by atoms with Crippen molar-refractivity contribution in [1.82, 2.24) is 0 Å². The predicted octanol–water partition coefficient (Wildman–Crippen LogP) is 1.71. The summed E-state index contributed by atoms with van der Waals surface area (Å²) in [7, 11) is 0. The summed E-state index contributed by atoms with van der Waals surface area (Å²) in [5.41, 5.74) is 5.43. The molecule has 1 saturated heterocycles. The lowest BCUT2D eigenvalue weighted by Crippen LogP contribution is -2.47. The van der Waals surface area contributed by atoms with Gasteiger partial charge in [-0.1, -0.05) is 0 Å². The van der Waals surface area contributed by atoms with Crippen molar-refractivity contribution >= 4 is 17.7 Å². The van der Waals surface area contributed by atoms with Crippen LogP contribution in [0.3, 0.4) is 0 Å². The Morgan fingerprint density at radius 3 is 2.78 bits per heavy atom. The van der Waals surface area contributed by atoms with Gasteiger partial charge in [0.05, 0.1) is 6.61 Å². The number of carbonyl (C=O) groups excluding carboxylic acids is 1. The van der Waals surface area contributed by atoms with Crippen LogP contribution in [0.15, 0.2) is 0 Å². The first kappa shape index (κ1) is 14.2. The summed E-state index contributed by atoms with van der Waals surface area (Å²) in [4.78, 5) is 11.8. The number of hydrogen-bond acceptors (Lipinski definition) is 5. The quantitative estimate of drug-likeness (QED) is 0.790. The van der Waals surface area contributed by atoms with E-state index in [0.29, 0.717) is 17.1 Å². The minimum atomic E-state index is -0.737. The average molecular weight is 273 g/mol. The average Bonchev–Trinajstić information content (AvgIpc) is 2.74. The summed E-state index contributed by atoms with van der Waals surface area (Å²) in [6, 6.07) is 0. The molecule has 2 atom stereocenters. The van der Waals surface area contributed by atoms with Gasteiger partial charge in [-0.3, -0.25) is 4.79 Å². The number of hydrogen-bond donors (Lipinski definition) is 1. The Bertz CT molecular complexity index is 294. The van der Waals surface area contributed by atoms with Gasteiger partial charge in [0.2, 0.25) is 0 Å². The lowest BCUT2D eigenvalue weighted by atomic mass is 10.00. The standard InChI is InChI=1S/C13H23NO3S/c1-2-17-12(15)13(14)6-3-11(9-13)18-10-4-7-16-8-5-10/h10-11H,2-9,14H2,1H3. The maximum atomic E-state index is 11.8. The molecule has 0 aromatic rings. The van der Waals surface area contributed by atoms with Crippen LogP contribution >= 0.6 is 11.8 Å². The summed E-state index contributed by atoms with van der Waals surface area (Å²) in [6.07, 6.45) is 4.79. The third-order valence-electron chi connectivity index (χ3n) is 3.74. The van der Waals surface area contributed by atoms with Gasteiger partial charge in [0.1, 0.15) is 5.54 Å². The molecular weight excluding hydrogens is 250 g/mol. The number of rotatable bonds is 4. The van der Waals surface area contributed by atoms with Crippen LogP contribution in [-0.4, -0.2) is 41.8 Å². The van der Waals surface area contributed by atoms with Crippen molar-refractivity contribution < 1.29 is 14.3 Å². The van der Waals surface area contributed by atoms with E-state index in [9.17, 15) is 4.79 Å². The topological polar surface area (TPSA) is 61.5 Å². The van der Waals surface area contributed by atoms with E-state index in [-0.39, 0.29) is 5.97 Å². The molecule has 2 unspecified atom stereocenters. The predicted molar refractivity (Wildman–Crippen MR) is 72.6 cm³/mol. The van der Waals surface area contributed by atoms with Crippen LogP contribution in [0.2, 0.25) is 0 Å². The largest absolute Gasteiger partial charge is 0.465 e. The molecule has 1 aliphatic heterocycles. The van der Waals surface area contributed by atoms with E-state index in [2.05, 4.69) is 0 Å². The van der Waals surface area contributed by atoms with Gasteiger partial charge in [0.25, 0.3) is 0 Å². The Balaban J connectivity index is 1.81. The van der Waals surface area contributed by atoms with Crippen molar-refractivity contribution in [2.75, 3.05) is 19.8 Å². The van der Waals surface area contributed by atoms with Crippen molar-refractivity contribution in [1.29, 1.82) is 0 Å². The Labute approximate surface area is 113 Å². The van der Waals surface area contributed by atoms with Crippen LogP contribution in [-0.2, 0) is 14.3 Å². The summed E-state index contributed by atoms with van der Waals surface area (Å²) in [6.45, 7) is 3.98. The van der Waals surface area contributed by atoms with Crippen molar-refractivity contribution in [3.05, 3.63) is 0 Å². The second-order valence-corrected chi connectivity index (χ2v) is 6.79. The number of esters is 1. The normalized spacial score (nSPS) is 33.6. The minimum Gasteiger partial charge on any atom is -0.465 e. The second kappa shape index (κ2) is 6.26. The van der Waals surface area contributed by atoms with E-state index in [1.807, 2.05) is 18.7 Å². The Hall–Kier alpha value is -0.260. The van der Waals surface area contributed by atoms with Gasteiger partial charge < -0.3 is 15.2 Å². The number of nitrogens with two attached hydrogens (primary N) is 1. The lowest BCUT2D eigenvalue weighted by molar-refractivity contribution is -0.149. The maximum Gasteiger partial charge on any atom is 0.326 e. The molecule has 2 rings (SSSR count). The first-order valence-electron chi connectivity index (χ1n) is 6.83. The molecule has 1 aliphatic carbocycles. The molecule has 1 saturated carbocycles. The van der Waals surface area contributed by atoms with E-state index in [1.165, 1.54) is 0 Å². The molecule has 2 fully saturated rings. The van der Waals surface area contributed by atoms with Gasteiger partial charge in [0, 0.05) is 23.7 Å². The van der Waals surface area contributed by atoms with Crippen molar-refractivity contribution in [3.8, 4) is 0 Å². The van der Waals surface area contributed by atoms with E-state index >= 15 is 0 Å². The number of ether oxygens (including phenoxy) is 2. The molecule has 1 heterocycles. The van der Waals surface area contributed by atoms with Crippen LogP contribution < -0.4 is 5.73 Å². The van der Waals surface area contributed by atoms with Gasteiger partial charge in [-0.15, -0.1) is 0 Å². The molecule has 0 aromatic carbocycles. The monoisotopic (exact) mass is 273 g/mol. The Morgan fingerprint density at radius 2 is 2.11 bits per heavy atom. The zero-order valence-electron chi connectivity index (χ0n) is 11.0. The Morgan fingerprint density at radius 1 is 1.39 bits per heavy atom. The highest BCUT2D eigenvalue weighted by atomic mass is 32.2. The fourth-order valence-corrected chi connectivity index (χ4v) is 4.35. The lowest BCUT2D eigenvalue weighted by Gasteiger charge is -2.25. The molecule has 2 aliphatic rings. The fourth-order valence-electron chi connectivity index (χ4n) is 2.69. The van der Waals surface area contributed by atoms with E-state index in [4.69, 9.17) is 15.2 Å². The first-order valence-corrected chi connectivity index (χ1v) is 7.77. The SMILES string of the molecule is CCOC(=O)C1(N)CCC(SC2CCOCC2)C1. The smallest absolute Gasteiger partial charge is 0.326 e. The van der Waals surface area contributed by atoms with Crippen LogP contribution in [0.25, 0.3) is 0 Å². The fraction of sp³-hybridized carbons (Fsp3) is 0.923. The molecule has 18 heavy (non-hydrogen) atoms. The maximum absolute atomic E-state index is 11.8. The zero-order valence-corrected chi connectivity index (χ0v) is 11.8. The van der Waals surface area contributed by atoms with E-state index in [1.54, 1.807) is 0 Å². The van der Waals surface area contributed by atoms with Crippen LogP contribution in [0, 0.1) is 0 Å².